The molecule has 0 saturated carbocycles. The molecule has 2 rings (SSSR count). The summed E-state index contributed by atoms with van der Waals surface area (Å²) in [6.45, 7) is 1.55. The van der Waals surface area contributed by atoms with Crippen LogP contribution in [0.2, 0.25) is 0 Å². The van der Waals surface area contributed by atoms with Crippen LogP contribution in [0, 0.1) is 0 Å². The molecule has 5 heteroatoms. The number of nitrogens with two attached hydrogens (primary N) is 1. The van der Waals surface area contributed by atoms with Gasteiger partial charge in [-0.1, -0.05) is 0 Å². The SMILES string of the molecule is COc1cc(N)c(N(C)C2CCOC2)cc1OC. The van der Waals surface area contributed by atoms with Gasteiger partial charge in [0.05, 0.1) is 38.2 Å². The van der Waals surface area contributed by atoms with Gasteiger partial charge in [0.2, 0.25) is 0 Å². The van der Waals surface area contributed by atoms with Crippen molar-refractivity contribution in [1.29, 1.82) is 0 Å². The van der Waals surface area contributed by atoms with Crippen LogP contribution in [0.4, 0.5) is 11.4 Å². The first-order valence-electron chi connectivity index (χ1n) is 5.99. The summed E-state index contributed by atoms with van der Waals surface area (Å²) in [5.41, 5.74) is 7.70. The van der Waals surface area contributed by atoms with Crippen molar-refractivity contribution < 1.29 is 14.2 Å². The second-order valence-electron chi connectivity index (χ2n) is 4.39. The van der Waals surface area contributed by atoms with E-state index in [2.05, 4.69) is 4.90 Å². The van der Waals surface area contributed by atoms with Crippen molar-refractivity contribution in [1.82, 2.24) is 0 Å². The molecule has 1 unspecified atom stereocenters. The highest BCUT2D eigenvalue weighted by atomic mass is 16.5. The van der Waals surface area contributed by atoms with Crippen molar-refractivity contribution in [3.8, 4) is 11.5 Å². The number of ether oxygens (including phenoxy) is 3. The molecule has 0 aromatic heterocycles. The van der Waals surface area contributed by atoms with Gasteiger partial charge >= 0.3 is 0 Å². The molecule has 0 radical (unpaired) electrons. The summed E-state index contributed by atoms with van der Waals surface area (Å²) in [7, 11) is 5.25. The van der Waals surface area contributed by atoms with Gasteiger partial charge in [0.25, 0.3) is 0 Å². The number of nitrogens with zero attached hydrogens (tertiary/aromatic N) is 1. The fourth-order valence-electron chi connectivity index (χ4n) is 2.21. The van der Waals surface area contributed by atoms with Gasteiger partial charge in [-0.2, -0.15) is 0 Å². The predicted octanol–water partition coefficient (Wildman–Crippen LogP) is 1.51. The minimum Gasteiger partial charge on any atom is -0.493 e. The molecule has 1 aliphatic heterocycles. The molecule has 0 amide bonds. The highest BCUT2D eigenvalue weighted by molar-refractivity contribution is 5.73. The topological polar surface area (TPSA) is 57.0 Å². The summed E-state index contributed by atoms with van der Waals surface area (Å²) in [5, 5.41) is 0. The standard InChI is InChI=1S/C13H20N2O3/c1-15(9-4-5-18-8-9)11-7-13(17-3)12(16-2)6-10(11)14/h6-7,9H,4-5,8,14H2,1-3H3. The van der Waals surface area contributed by atoms with E-state index in [1.807, 2.05) is 13.1 Å². The van der Waals surface area contributed by atoms with Crippen LogP contribution in [0.1, 0.15) is 6.42 Å². The number of hydrogen-bond donors (Lipinski definition) is 1. The molecular formula is C13H20N2O3. The zero-order chi connectivity index (χ0) is 13.1. The number of rotatable bonds is 4. The Morgan fingerprint density at radius 2 is 1.94 bits per heavy atom. The summed E-state index contributed by atoms with van der Waals surface area (Å²) < 4.78 is 15.9. The smallest absolute Gasteiger partial charge is 0.162 e. The zero-order valence-electron chi connectivity index (χ0n) is 11.1. The summed E-state index contributed by atoms with van der Waals surface area (Å²) in [6, 6.07) is 4.07. The van der Waals surface area contributed by atoms with E-state index in [1.54, 1.807) is 20.3 Å². The average molecular weight is 252 g/mol. The largest absolute Gasteiger partial charge is 0.493 e. The van der Waals surface area contributed by atoms with Crippen molar-refractivity contribution in [2.75, 3.05) is 45.1 Å². The van der Waals surface area contributed by atoms with E-state index >= 15 is 0 Å². The molecule has 18 heavy (non-hydrogen) atoms. The average Bonchev–Trinajstić information content (AvgIpc) is 2.91. The Hall–Kier alpha value is -1.62. The molecule has 0 bridgehead atoms. The molecule has 2 N–H and O–H groups in total. The van der Waals surface area contributed by atoms with Crippen molar-refractivity contribution in [2.24, 2.45) is 0 Å². The van der Waals surface area contributed by atoms with Gasteiger partial charge in [0.15, 0.2) is 11.5 Å². The van der Waals surface area contributed by atoms with Gasteiger partial charge in [-0.3, -0.25) is 0 Å². The first-order chi connectivity index (χ1) is 8.67. The Labute approximate surface area is 107 Å². The van der Waals surface area contributed by atoms with Gasteiger partial charge in [0, 0.05) is 25.8 Å². The van der Waals surface area contributed by atoms with Crippen LogP contribution in [-0.4, -0.2) is 40.5 Å². The number of nitrogen functional groups attached to an aromatic ring is 1. The van der Waals surface area contributed by atoms with E-state index in [0.29, 0.717) is 23.2 Å². The van der Waals surface area contributed by atoms with Crippen LogP contribution < -0.4 is 20.1 Å². The normalized spacial score (nSPS) is 18.7. The monoisotopic (exact) mass is 252 g/mol. The Kier molecular flexibility index (Phi) is 3.81. The molecule has 100 valence electrons. The molecule has 1 atom stereocenters. The lowest BCUT2D eigenvalue weighted by Gasteiger charge is -2.27. The van der Waals surface area contributed by atoms with Crippen LogP contribution in [0.15, 0.2) is 12.1 Å². The number of methoxy groups -OCH3 is 2. The minimum absolute atomic E-state index is 0.366. The van der Waals surface area contributed by atoms with E-state index in [1.165, 1.54) is 0 Å². The van der Waals surface area contributed by atoms with Gasteiger partial charge < -0.3 is 24.8 Å². The van der Waals surface area contributed by atoms with E-state index in [0.717, 1.165) is 25.3 Å². The maximum Gasteiger partial charge on any atom is 0.162 e. The molecule has 5 nitrogen and oxygen atoms in total. The van der Waals surface area contributed by atoms with Crippen LogP contribution in [0.3, 0.4) is 0 Å². The molecule has 1 aliphatic rings. The number of benzene rings is 1. The van der Waals surface area contributed by atoms with Crippen molar-refractivity contribution in [3.05, 3.63) is 12.1 Å². The first kappa shape index (κ1) is 12.8. The maximum absolute atomic E-state index is 6.07. The summed E-state index contributed by atoms with van der Waals surface area (Å²) in [6.07, 6.45) is 1.02. The Morgan fingerprint density at radius 1 is 1.28 bits per heavy atom. The Balaban J connectivity index is 2.31. The molecule has 0 aliphatic carbocycles. The summed E-state index contributed by atoms with van der Waals surface area (Å²) in [5.74, 6) is 1.34. The fraction of sp³-hybridized carbons (Fsp3) is 0.538. The van der Waals surface area contributed by atoms with Crippen molar-refractivity contribution in [3.63, 3.8) is 0 Å². The molecule has 1 fully saturated rings. The molecule has 1 aromatic carbocycles. The third-order valence-corrected chi connectivity index (χ3v) is 3.37. The third-order valence-electron chi connectivity index (χ3n) is 3.37. The Morgan fingerprint density at radius 3 is 2.50 bits per heavy atom. The fourth-order valence-corrected chi connectivity index (χ4v) is 2.21. The molecular weight excluding hydrogens is 232 g/mol. The molecule has 1 saturated heterocycles. The molecule has 1 heterocycles. The van der Waals surface area contributed by atoms with Crippen molar-refractivity contribution in [2.45, 2.75) is 12.5 Å². The Bertz CT molecular complexity index is 417. The maximum atomic E-state index is 6.07. The van der Waals surface area contributed by atoms with E-state index in [-0.39, 0.29) is 0 Å². The van der Waals surface area contributed by atoms with Crippen LogP contribution in [0.5, 0.6) is 11.5 Å². The lowest BCUT2D eigenvalue weighted by atomic mass is 10.1. The van der Waals surface area contributed by atoms with Crippen molar-refractivity contribution >= 4 is 11.4 Å². The van der Waals surface area contributed by atoms with Crippen LogP contribution in [-0.2, 0) is 4.74 Å². The van der Waals surface area contributed by atoms with E-state index < -0.39 is 0 Å². The zero-order valence-corrected chi connectivity index (χ0v) is 11.1. The lowest BCUT2D eigenvalue weighted by molar-refractivity contribution is 0.193. The second-order valence-corrected chi connectivity index (χ2v) is 4.39. The number of hydrogen-bond acceptors (Lipinski definition) is 5. The first-order valence-corrected chi connectivity index (χ1v) is 5.99. The van der Waals surface area contributed by atoms with E-state index in [4.69, 9.17) is 19.9 Å². The molecule has 1 aromatic rings. The second kappa shape index (κ2) is 5.35. The number of anilines is 2. The van der Waals surface area contributed by atoms with E-state index in [9.17, 15) is 0 Å². The van der Waals surface area contributed by atoms with Gasteiger partial charge in [-0.15, -0.1) is 0 Å². The van der Waals surface area contributed by atoms with Gasteiger partial charge in [0.1, 0.15) is 0 Å². The summed E-state index contributed by atoms with van der Waals surface area (Å²) >= 11 is 0. The predicted molar refractivity (Wildman–Crippen MR) is 71.6 cm³/mol. The number of likely N-dealkylation sites (N-methyl/N-ethyl adjacent to an activating group) is 1. The van der Waals surface area contributed by atoms with Crippen LogP contribution >= 0.6 is 0 Å². The molecule has 0 spiro atoms. The highest BCUT2D eigenvalue weighted by Crippen LogP contribution is 2.37. The third kappa shape index (κ3) is 2.31. The lowest BCUT2D eigenvalue weighted by Crippen LogP contribution is -2.32. The van der Waals surface area contributed by atoms with Gasteiger partial charge in [-0.25, -0.2) is 0 Å². The van der Waals surface area contributed by atoms with Gasteiger partial charge in [-0.05, 0) is 6.42 Å². The minimum atomic E-state index is 0.366. The summed E-state index contributed by atoms with van der Waals surface area (Å²) in [4.78, 5) is 2.14. The quantitative estimate of drug-likeness (QED) is 0.823. The highest BCUT2D eigenvalue weighted by Gasteiger charge is 2.23. The van der Waals surface area contributed by atoms with Crippen LogP contribution in [0.25, 0.3) is 0 Å².